The summed E-state index contributed by atoms with van der Waals surface area (Å²) in [6, 6.07) is 56.9. The summed E-state index contributed by atoms with van der Waals surface area (Å²) in [5, 5.41) is 1.97. The molecule has 4 heterocycles. The van der Waals surface area contributed by atoms with Crippen molar-refractivity contribution in [3.8, 4) is 74.5 Å². The Morgan fingerprint density at radius 2 is 0.763 bits per heavy atom. The summed E-state index contributed by atoms with van der Waals surface area (Å²) in [5.41, 5.74) is 5.52. The molecular weight excluding hydrogens is 735 g/mol. The molecule has 9 heteroatoms. The molecular formula is C50H33N5O4. The van der Waals surface area contributed by atoms with Crippen LogP contribution < -0.4 is 18.9 Å². The van der Waals surface area contributed by atoms with Gasteiger partial charge in [0.25, 0.3) is 0 Å². The van der Waals surface area contributed by atoms with Crippen molar-refractivity contribution in [2.24, 2.45) is 0 Å². The molecule has 0 aliphatic rings. The zero-order valence-electron chi connectivity index (χ0n) is 31.4. The molecule has 59 heavy (non-hydrogen) atoms. The van der Waals surface area contributed by atoms with Crippen molar-refractivity contribution < 1.29 is 18.9 Å². The van der Waals surface area contributed by atoms with Gasteiger partial charge in [-0.2, -0.15) is 0 Å². The van der Waals surface area contributed by atoms with E-state index in [0.29, 0.717) is 52.2 Å². The molecule has 0 fully saturated rings. The standard InChI is InChI=1S/C50H33N5O4/c1-3-14-34(15-4-1)40-30-42-43-31-41(35-16-5-2-6-17-35)47(57-37-19-12-21-39(29-37)59-49-23-8-10-25-52-49)33-45(43)55(50-53-26-13-27-54-50)44(42)32-46(40)56-36-18-11-20-38(28-36)58-48-22-7-9-24-51-48/h1-33H. The van der Waals surface area contributed by atoms with Crippen molar-refractivity contribution >= 4 is 21.8 Å². The maximum Gasteiger partial charge on any atom is 0.234 e. The maximum atomic E-state index is 6.79. The summed E-state index contributed by atoms with van der Waals surface area (Å²) < 4.78 is 27.8. The second-order valence-corrected chi connectivity index (χ2v) is 13.5. The SMILES string of the molecule is c1ccc(-c2cc3c4cc(-c5ccccc5)c(Oc5cccc(Oc6ccccn6)c5)cc4n(-c4ncccn4)c3cc2Oc2cccc(Oc3ccccn3)c2)cc1. The molecule has 6 aromatic carbocycles. The molecule has 0 amide bonds. The molecule has 0 atom stereocenters. The summed E-state index contributed by atoms with van der Waals surface area (Å²) in [6.45, 7) is 0. The van der Waals surface area contributed by atoms with Crippen LogP contribution in [0.2, 0.25) is 0 Å². The van der Waals surface area contributed by atoms with Crippen molar-refractivity contribution in [3.63, 3.8) is 0 Å². The quantitative estimate of drug-likeness (QED) is 0.128. The number of nitrogens with zero attached hydrogens (tertiary/aromatic N) is 5. The Bertz CT molecular complexity index is 2850. The van der Waals surface area contributed by atoms with E-state index in [9.17, 15) is 0 Å². The Hall–Kier alpha value is -8.30. The van der Waals surface area contributed by atoms with Crippen LogP contribution in [-0.2, 0) is 0 Å². The minimum absolute atomic E-state index is 0.493. The highest BCUT2D eigenvalue weighted by Gasteiger charge is 2.22. The van der Waals surface area contributed by atoms with E-state index in [2.05, 4.69) is 63.1 Å². The Morgan fingerprint density at radius 3 is 1.20 bits per heavy atom. The molecule has 0 radical (unpaired) electrons. The van der Waals surface area contributed by atoms with E-state index >= 15 is 0 Å². The van der Waals surface area contributed by atoms with Crippen LogP contribution in [0.3, 0.4) is 0 Å². The summed E-state index contributed by atoms with van der Waals surface area (Å²) in [6.07, 6.45) is 6.88. The zero-order chi connectivity index (χ0) is 39.4. The molecule has 9 nitrogen and oxygen atoms in total. The van der Waals surface area contributed by atoms with E-state index in [-0.39, 0.29) is 0 Å². The number of pyridine rings is 2. The van der Waals surface area contributed by atoms with Gasteiger partial charge in [0.1, 0.15) is 34.5 Å². The van der Waals surface area contributed by atoms with Crippen LogP contribution in [-0.4, -0.2) is 24.5 Å². The van der Waals surface area contributed by atoms with Crippen molar-refractivity contribution in [1.29, 1.82) is 0 Å². The van der Waals surface area contributed by atoms with Gasteiger partial charge in [-0.25, -0.2) is 19.9 Å². The molecule has 0 unspecified atom stereocenters. The lowest BCUT2D eigenvalue weighted by atomic mass is 9.99. The number of benzene rings is 6. The molecule has 0 saturated carbocycles. The van der Waals surface area contributed by atoms with Gasteiger partial charge in [0.2, 0.25) is 17.7 Å². The summed E-state index contributed by atoms with van der Waals surface area (Å²) in [5.74, 6) is 5.18. The van der Waals surface area contributed by atoms with Gasteiger partial charge < -0.3 is 18.9 Å². The molecule has 282 valence electrons. The van der Waals surface area contributed by atoms with E-state index in [1.165, 1.54) is 0 Å². The largest absolute Gasteiger partial charge is 0.457 e. The summed E-state index contributed by atoms with van der Waals surface area (Å²) in [7, 11) is 0. The van der Waals surface area contributed by atoms with Crippen LogP contribution >= 0.6 is 0 Å². The first-order valence-corrected chi connectivity index (χ1v) is 19.0. The van der Waals surface area contributed by atoms with Crippen molar-refractivity contribution in [2.45, 2.75) is 0 Å². The van der Waals surface area contributed by atoms with E-state index in [4.69, 9.17) is 28.9 Å². The smallest absolute Gasteiger partial charge is 0.234 e. The molecule has 0 saturated heterocycles. The predicted molar refractivity (Wildman–Crippen MR) is 229 cm³/mol. The molecule has 0 bridgehead atoms. The van der Waals surface area contributed by atoms with Gasteiger partial charge in [0.05, 0.1) is 11.0 Å². The van der Waals surface area contributed by atoms with Crippen molar-refractivity contribution in [3.05, 3.63) is 201 Å². The fraction of sp³-hybridized carbons (Fsp3) is 0. The van der Waals surface area contributed by atoms with E-state index in [1.807, 2.05) is 127 Å². The van der Waals surface area contributed by atoms with Crippen LogP contribution in [0.1, 0.15) is 0 Å². The van der Waals surface area contributed by atoms with Crippen LogP contribution in [0, 0.1) is 0 Å². The lowest BCUT2D eigenvalue weighted by Crippen LogP contribution is -2.00. The van der Waals surface area contributed by atoms with E-state index in [0.717, 1.165) is 44.1 Å². The molecule has 4 aromatic heterocycles. The third kappa shape index (κ3) is 7.39. The Balaban J connectivity index is 1.16. The van der Waals surface area contributed by atoms with Gasteiger partial charge in [0, 0.05) is 83.1 Å². The molecule has 0 aliphatic carbocycles. The average molecular weight is 768 g/mol. The number of aromatic nitrogens is 5. The van der Waals surface area contributed by atoms with Crippen LogP contribution in [0.25, 0.3) is 50.0 Å². The summed E-state index contributed by atoms with van der Waals surface area (Å²) in [4.78, 5) is 18.1. The van der Waals surface area contributed by atoms with Crippen molar-refractivity contribution in [1.82, 2.24) is 24.5 Å². The third-order valence-electron chi connectivity index (χ3n) is 9.68. The first-order valence-electron chi connectivity index (χ1n) is 19.0. The first-order chi connectivity index (χ1) is 29.2. The molecule has 0 aliphatic heterocycles. The lowest BCUT2D eigenvalue weighted by Gasteiger charge is -2.14. The number of fused-ring (bicyclic) bond motifs is 3. The maximum absolute atomic E-state index is 6.79. The van der Waals surface area contributed by atoms with Crippen LogP contribution in [0.4, 0.5) is 0 Å². The van der Waals surface area contributed by atoms with Gasteiger partial charge >= 0.3 is 0 Å². The highest BCUT2D eigenvalue weighted by atomic mass is 16.5. The number of rotatable bonds is 11. The molecule has 10 rings (SSSR count). The van der Waals surface area contributed by atoms with Crippen LogP contribution in [0.15, 0.2) is 201 Å². The first kappa shape index (κ1) is 35.1. The topological polar surface area (TPSA) is 93.4 Å². The second-order valence-electron chi connectivity index (χ2n) is 13.5. The predicted octanol–water partition coefficient (Wildman–Crippen LogP) is 12.9. The molecule has 0 spiro atoms. The van der Waals surface area contributed by atoms with Crippen molar-refractivity contribution in [2.75, 3.05) is 0 Å². The minimum Gasteiger partial charge on any atom is -0.457 e. The van der Waals surface area contributed by atoms with Gasteiger partial charge in [-0.05, 0) is 65.7 Å². The van der Waals surface area contributed by atoms with Gasteiger partial charge in [-0.3, -0.25) is 4.57 Å². The fourth-order valence-corrected chi connectivity index (χ4v) is 7.06. The van der Waals surface area contributed by atoms with Crippen LogP contribution in [0.5, 0.6) is 46.3 Å². The Labute approximate surface area is 339 Å². The number of hydrogen-bond acceptors (Lipinski definition) is 8. The van der Waals surface area contributed by atoms with E-state index in [1.54, 1.807) is 24.8 Å². The Morgan fingerprint density at radius 1 is 0.339 bits per heavy atom. The lowest BCUT2D eigenvalue weighted by molar-refractivity contribution is 0.449. The fourth-order valence-electron chi connectivity index (χ4n) is 7.06. The minimum atomic E-state index is 0.493. The molecule has 0 N–H and O–H groups in total. The van der Waals surface area contributed by atoms with Gasteiger partial charge in [-0.15, -0.1) is 0 Å². The van der Waals surface area contributed by atoms with Gasteiger partial charge in [0.15, 0.2) is 0 Å². The normalized spacial score (nSPS) is 11.1. The molecule has 10 aromatic rings. The summed E-state index contributed by atoms with van der Waals surface area (Å²) >= 11 is 0. The third-order valence-corrected chi connectivity index (χ3v) is 9.68. The zero-order valence-corrected chi connectivity index (χ0v) is 31.4. The van der Waals surface area contributed by atoms with E-state index < -0.39 is 0 Å². The Kier molecular flexibility index (Phi) is 9.34. The number of ether oxygens (including phenoxy) is 4. The highest BCUT2D eigenvalue weighted by molar-refractivity contribution is 6.13. The monoisotopic (exact) mass is 767 g/mol. The van der Waals surface area contributed by atoms with Gasteiger partial charge in [-0.1, -0.05) is 84.9 Å². The highest BCUT2D eigenvalue weighted by Crippen LogP contribution is 2.45. The number of hydrogen-bond donors (Lipinski definition) is 0. The average Bonchev–Trinajstić information content (AvgIpc) is 3.59. The second kappa shape index (κ2) is 15.7.